The number of hydrazine groups is 1. The summed E-state index contributed by atoms with van der Waals surface area (Å²) in [6.45, 7) is 16.5. The zero-order valence-corrected chi connectivity index (χ0v) is 26.0. The SMILES string of the molecule is C=C.CC(CO)CC/C=C1/CC2C(CC3[C@@H]4CC[C@@H]5C[C@@H](NC(=O)NN6CCOCC6)CC[C@]5(C)C4CC[C@]23C)O1.[HH].[HH].[HH].[HH].[HH].[HH]. The molecule has 0 spiro atoms. The minimum atomic E-state index is -0.0403. The summed E-state index contributed by atoms with van der Waals surface area (Å²) in [7, 11) is 0. The van der Waals surface area contributed by atoms with Gasteiger partial charge in [-0.1, -0.05) is 20.8 Å². The Morgan fingerprint density at radius 2 is 1.85 bits per heavy atom. The number of rotatable bonds is 6. The maximum Gasteiger partial charge on any atom is 0.329 e. The van der Waals surface area contributed by atoms with E-state index in [1.54, 1.807) is 0 Å². The van der Waals surface area contributed by atoms with E-state index in [1.165, 1.54) is 44.3 Å². The second-order valence-electron chi connectivity index (χ2n) is 14.6. The van der Waals surface area contributed by atoms with E-state index < -0.39 is 0 Å². The summed E-state index contributed by atoms with van der Waals surface area (Å²) in [6.07, 6.45) is 16.1. The number of aliphatic hydroxyl groups excluding tert-OH is 1. The fourth-order valence-corrected chi connectivity index (χ4v) is 10.2. The summed E-state index contributed by atoms with van der Waals surface area (Å²) in [5.41, 5.74) is 3.87. The van der Waals surface area contributed by atoms with Gasteiger partial charge in [0.25, 0.3) is 0 Å². The van der Waals surface area contributed by atoms with Crippen molar-refractivity contribution >= 4 is 6.03 Å². The Kier molecular flexibility index (Phi) is 9.77. The van der Waals surface area contributed by atoms with Crippen LogP contribution >= 0.6 is 0 Å². The van der Waals surface area contributed by atoms with Crippen molar-refractivity contribution in [3.05, 3.63) is 25.0 Å². The lowest BCUT2D eigenvalue weighted by molar-refractivity contribution is -0.113. The summed E-state index contributed by atoms with van der Waals surface area (Å²) in [5.74, 6) is 5.47. The number of carbonyl (C=O) groups excluding carboxylic acids is 1. The molecule has 41 heavy (non-hydrogen) atoms. The summed E-state index contributed by atoms with van der Waals surface area (Å²) in [4.78, 5) is 12.7. The van der Waals surface area contributed by atoms with Crippen LogP contribution in [0, 0.1) is 46.3 Å². The first-order chi connectivity index (χ1) is 19.8. The quantitative estimate of drug-likeness (QED) is 0.282. The molecule has 2 saturated heterocycles. The fourth-order valence-electron chi connectivity index (χ4n) is 10.2. The van der Waals surface area contributed by atoms with Gasteiger partial charge in [-0.3, -0.25) is 5.43 Å². The van der Waals surface area contributed by atoms with Gasteiger partial charge in [0.05, 0.1) is 19.0 Å². The van der Waals surface area contributed by atoms with E-state index in [9.17, 15) is 9.90 Å². The van der Waals surface area contributed by atoms with E-state index in [-0.39, 0.29) is 21.2 Å². The van der Waals surface area contributed by atoms with E-state index in [4.69, 9.17) is 9.47 Å². The molecule has 6 rings (SSSR count). The molecule has 6 fully saturated rings. The molecule has 0 radical (unpaired) electrons. The number of carbonyl (C=O) groups is 1. The number of urea groups is 1. The molecule has 244 valence electrons. The zero-order valence-electron chi connectivity index (χ0n) is 26.0. The predicted octanol–water partition coefficient (Wildman–Crippen LogP) is 7.53. The van der Waals surface area contributed by atoms with E-state index in [2.05, 4.69) is 50.7 Å². The largest absolute Gasteiger partial charge is 0.495 e. The second kappa shape index (κ2) is 13.0. The highest BCUT2D eigenvalue weighted by Gasteiger charge is 2.64. The van der Waals surface area contributed by atoms with Crippen LogP contribution in [0.5, 0.6) is 0 Å². The highest BCUT2D eigenvalue weighted by atomic mass is 16.5. The lowest BCUT2D eigenvalue weighted by Crippen LogP contribution is -2.57. The molecule has 4 aliphatic carbocycles. The van der Waals surface area contributed by atoms with Crippen molar-refractivity contribution in [1.82, 2.24) is 15.8 Å². The van der Waals surface area contributed by atoms with Crippen molar-refractivity contribution in [2.24, 2.45) is 46.3 Å². The number of hydrogen-bond donors (Lipinski definition) is 3. The van der Waals surface area contributed by atoms with Crippen LogP contribution in [-0.4, -0.2) is 61.2 Å². The molecule has 2 heterocycles. The predicted molar refractivity (Wildman–Crippen MR) is 175 cm³/mol. The fraction of sp³-hybridized carbons (Fsp3) is 0.853. The van der Waals surface area contributed by atoms with Gasteiger partial charge in [-0.05, 0) is 111 Å². The Morgan fingerprint density at radius 3 is 2.61 bits per heavy atom. The smallest absolute Gasteiger partial charge is 0.329 e. The van der Waals surface area contributed by atoms with Crippen molar-refractivity contribution in [3.8, 4) is 0 Å². The van der Waals surface area contributed by atoms with Gasteiger partial charge in [-0.25, -0.2) is 9.80 Å². The molecule has 4 saturated carbocycles. The molecule has 7 heteroatoms. The van der Waals surface area contributed by atoms with Gasteiger partial charge in [0.2, 0.25) is 0 Å². The standard InChI is InChI=1S/C32H53N3O4.C2H4.6H2/c1-21(20-36)5-4-6-24-18-28-29(39-24)19-27-25-8-7-22-17-23(33-30(37)34-35-13-15-38-16-14-35)9-11-31(22,2)26(25)10-12-32(27,28)3;1-2;;;;;;/h6,21-23,25-29,36H,4-5,7-20H2,1-3H3,(H2,33,34,37);1-2H2;6*1H/b24-6-;;;;;;;/t21?,22-,23+,25-,26?,27?,28?,29?,31+,32+;;;;;;;/m1......./s1. The molecule has 0 aromatic heterocycles. The van der Waals surface area contributed by atoms with E-state index >= 15 is 0 Å². The summed E-state index contributed by atoms with van der Waals surface area (Å²) in [5, 5.41) is 14.6. The third-order valence-corrected chi connectivity index (χ3v) is 12.6. The third kappa shape index (κ3) is 6.10. The van der Waals surface area contributed by atoms with Crippen LogP contribution in [0.25, 0.3) is 0 Å². The molecule has 6 aliphatic rings. The van der Waals surface area contributed by atoms with Crippen molar-refractivity contribution in [2.45, 2.75) is 104 Å². The van der Waals surface area contributed by atoms with Crippen molar-refractivity contribution in [1.29, 1.82) is 0 Å². The molecule has 0 aromatic carbocycles. The third-order valence-electron chi connectivity index (χ3n) is 12.6. The van der Waals surface area contributed by atoms with Crippen molar-refractivity contribution in [2.75, 3.05) is 32.9 Å². The van der Waals surface area contributed by atoms with Gasteiger partial charge in [-0.15, -0.1) is 13.2 Å². The van der Waals surface area contributed by atoms with E-state index in [0.717, 1.165) is 68.9 Å². The number of fused-ring (bicyclic) bond motifs is 7. The van der Waals surface area contributed by atoms with Crippen molar-refractivity contribution < 1.29 is 27.9 Å². The number of morpholine rings is 1. The van der Waals surface area contributed by atoms with Crippen LogP contribution in [0.15, 0.2) is 25.0 Å². The first kappa shape index (κ1) is 30.9. The number of allylic oxidation sites excluding steroid dienone is 2. The lowest BCUT2D eigenvalue weighted by Gasteiger charge is -2.61. The van der Waals surface area contributed by atoms with Gasteiger partial charge in [0, 0.05) is 46.6 Å². The number of amides is 2. The number of hydrogen-bond acceptors (Lipinski definition) is 5. The monoisotopic (exact) mass is 584 g/mol. The summed E-state index contributed by atoms with van der Waals surface area (Å²) < 4.78 is 12.0. The molecule has 2 aliphatic heterocycles. The maximum atomic E-state index is 12.7. The van der Waals surface area contributed by atoms with Crippen LogP contribution in [0.2, 0.25) is 0 Å². The van der Waals surface area contributed by atoms with Crippen LogP contribution in [0.3, 0.4) is 0 Å². The van der Waals surface area contributed by atoms with E-state index in [1.807, 2.05) is 5.01 Å². The highest BCUT2D eigenvalue weighted by molar-refractivity contribution is 5.73. The topological polar surface area (TPSA) is 83.1 Å². The van der Waals surface area contributed by atoms with E-state index in [0.29, 0.717) is 48.0 Å². The molecule has 0 aromatic rings. The molecular formula is C34H69N3O4. The van der Waals surface area contributed by atoms with Gasteiger partial charge < -0.3 is 19.9 Å². The average molecular weight is 584 g/mol. The number of nitrogens with zero attached hydrogens (tertiary/aromatic N) is 1. The maximum absolute atomic E-state index is 12.7. The molecule has 7 nitrogen and oxygen atoms in total. The molecule has 3 N–H and O–H groups in total. The van der Waals surface area contributed by atoms with Crippen LogP contribution in [0.4, 0.5) is 4.79 Å². The average Bonchev–Trinajstić information content (AvgIpc) is 3.51. The molecule has 5 unspecified atom stereocenters. The number of ether oxygens (including phenoxy) is 2. The van der Waals surface area contributed by atoms with Crippen LogP contribution < -0.4 is 10.7 Å². The van der Waals surface area contributed by atoms with Gasteiger partial charge >= 0.3 is 6.03 Å². The minimum absolute atomic E-state index is 0. The summed E-state index contributed by atoms with van der Waals surface area (Å²) in [6, 6.07) is 0.251. The highest BCUT2D eigenvalue weighted by Crippen LogP contribution is 2.69. The van der Waals surface area contributed by atoms with Gasteiger partial charge in [-0.2, -0.15) is 0 Å². The molecule has 10 atom stereocenters. The molecule has 2 amide bonds. The second-order valence-corrected chi connectivity index (χ2v) is 14.6. The Hall–Kier alpha value is -1.57. The van der Waals surface area contributed by atoms with Gasteiger partial charge in [0.15, 0.2) is 0 Å². The Morgan fingerprint density at radius 1 is 1.10 bits per heavy atom. The van der Waals surface area contributed by atoms with Gasteiger partial charge in [0.1, 0.15) is 6.10 Å². The minimum Gasteiger partial charge on any atom is -0.495 e. The molecule has 0 bridgehead atoms. The first-order valence-corrected chi connectivity index (χ1v) is 16.7. The molecular weight excluding hydrogens is 514 g/mol. The van der Waals surface area contributed by atoms with Crippen molar-refractivity contribution in [3.63, 3.8) is 0 Å². The summed E-state index contributed by atoms with van der Waals surface area (Å²) >= 11 is 0. The van der Waals surface area contributed by atoms with Crippen LogP contribution in [0.1, 0.15) is 100.0 Å². The zero-order chi connectivity index (χ0) is 29.2. The number of nitrogens with one attached hydrogen (secondary N) is 2. The lowest BCUT2D eigenvalue weighted by atomic mass is 9.44. The first-order valence-electron chi connectivity index (χ1n) is 16.7. The Bertz CT molecular complexity index is 963. The normalized spacial score (nSPS) is 43.3. The number of aliphatic hydroxyl groups is 1. The van der Waals surface area contributed by atoms with Crippen LogP contribution in [-0.2, 0) is 9.47 Å². The Labute approximate surface area is 257 Å². The Balaban J connectivity index is 0.